The summed E-state index contributed by atoms with van der Waals surface area (Å²) < 4.78 is 11.2. The van der Waals surface area contributed by atoms with Crippen LogP contribution in [-0.4, -0.2) is 35.2 Å². The average Bonchev–Trinajstić information content (AvgIpc) is 2.91. The summed E-state index contributed by atoms with van der Waals surface area (Å²) in [5, 5.41) is 8.14. The van der Waals surface area contributed by atoms with Crippen LogP contribution in [0.2, 0.25) is 0 Å². The summed E-state index contributed by atoms with van der Waals surface area (Å²) in [5.74, 6) is 0.878. The lowest BCUT2D eigenvalue weighted by Crippen LogP contribution is -2.25. The largest absolute Gasteiger partial charge is 0.494 e. The molecule has 1 heterocycles. The topological polar surface area (TPSA) is 80.2 Å². The Kier molecular flexibility index (Phi) is 6.08. The van der Waals surface area contributed by atoms with Crippen molar-refractivity contribution in [1.29, 1.82) is 0 Å². The van der Waals surface area contributed by atoms with Crippen LogP contribution in [0.5, 0.6) is 11.5 Å². The van der Waals surface area contributed by atoms with Gasteiger partial charge in [0, 0.05) is 25.5 Å². The minimum absolute atomic E-state index is 0.218. The third-order valence-corrected chi connectivity index (χ3v) is 4.20. The third-order valence-electron chi connectivity index (χ3n) is 3.11. The molecule has 0 spiro atoms. The summed E-state index contributed by atoms with van der Waals surface area (Å²) >= 11 is 1.29. The second-order valence-electron chi connectivity index (χ2n) is 4.99. The second-order valence-corrected chi connectivity index (χ2v) is 6.05. The molecule has 1 unspecified atom stereocenters. The van der Waals surface area contributed by atoms with E-state index in [4.69, 9.17) is 9.47 Å². The number of ether oxygens (including phenoxy) is 2. The molecule has 24 heavy (non-hydrogen) atoms. The van der Waals surface area contributed by atoms with E-state index in [0.29, 0.717) is 29.9 Å². The summed E-state index contributed by atoms with van der Waals surface area (Å²) in [6.45, 7) is 7.67. The fourth-order valence-electron chi connectivity index (χ4n) is 2.22. The van der Waals surface area contributed by atoms with Crippen molar-refractivity contribution in [3.05, 3.63) is 23.8 Å². The predicted octanol–water partition coefficient (Wildman–Crippen LogP) is 2.49. The monoisotopic (exact) mass is 351 g/mol. The second kappa shape index (κ2) is 8.05. The molecule has 0 radical (unpaired) electrons. The zero-order chi connectivity index (χ0) is 17.7. The first-order valence-corrected chi connectivity index (χ1v) is 8.56. The van der Waals surface area contributed by atoms with Crippen LogP contribution >= 0.6 is 11.8 Å². The molecule has 0 saturated heterocycles. The Morgan fingerprint density at radius 3 is 2.54 bits per heavy atom. The van der Waals surface area contributed by atoms with Crippen LogP contribution in [0.25, 0.3) is 0 Å². The molecule has 1 N–H and O–H groups in total. The van der Waals surface area contributed by atoms with Crippen LogP contribution in [0.15, 0.2) is 23.3 Å². The summed E-state index contributed by atoms with van der Waals surface area (Å²) in [6.07, 6.45) is 0. The molecular formula is C16H21N3O4S. The molecule has 1 aliphatic heterocycles. The Morgan fingerprint density at radius 1 is 1.25 bits per heavy atom. The maximum atomic E-state index is 11.9. The zero-order valence-electron chi connectivity index (χ0n) is 14.2. The highest BCUT2D eigenvalue weighted by atomic mass is 32.2. The number of benzene rings is 1. The molecule has 2 rings (SSSR count). The van der Waals surface area contributed by atoms with Crippen LogP contribution in [0.1, 0.15) is 38.6 Å². The summed E-state index contributed by atoms with van der Waals surface area (Å²) in [4.78, 5) is 23.2. The highest BCUT2D eigenvalue weighted by Crippen LogP contribution is 2.43. The van der Waals surface area contributed by atoms with Gasteiger partial charge in [0.15, 0.2) is 5.17 Å². The molecule has 8 heteroatoms. The number of hydrazone groups is 1. The quantitative estimate of drug-likeness (QED) is 0.881. The Morgan fingerprint density at radius 2 is 1.96 bits per heavy atom. The molecule has 0 fully saturated rings. The first-order valence-electron chi connectivity index (χ1n) is 7.68. The zero-order valence-corrected chi connectivity index (χ0v) is 15.0. The molecule has 1 aliphatic rings. The van der Waals surface area contributed by atoms with Crippen molar-refractivity contribution in [2.75, 3.05) is 13.2 Å². The van der Waals surface area contributed by atoms with E-state index in [9.17, 15) is 9.59 Å². The fourth-order valence-corrected chi connectivity index (χ4v) is 3.39. The molecule has 0 saturated carbocycles. The highest BCUT2D eigenvalue weighted by molar-refractivity contribution is 8.14. The summed E-state index contributed by atoms with van der Waals surface area (Å²) in [6, 6.07) is 5.49. The number of carbonyl (C=O) groups excluding carboxylic acids is 2. The summed E-state index contributed by atoms with van der Waals surface area (Å²) in [7, 11) is 0. The van der Waals surface area contributed by atoms with Gasteiger partial charge in [-0.25, -0.2) is 5.01 Å². The minimum Gasteiger partial charge on any atom is -0.494 e. The molecule has 0 aliphatic carbocycles. The van der Waals surface area contributed by atoms with Crippen molar-refractivity contribution in [3.63, 3.8) is 0 Å². The van der Waals surface area contributed by atoms with Crippen molar-refractivity contribution < 1.29 is 19.1 Å². The van der Waals surface area contributed by atoms with E-state index < -0.39 is 5.37 Å². The molecule has 0 bridgehead atoms. The van der Waals surface area contributed by atoms with Gasteiger partial charge in [-0.15, -0.1) is 5.10 Å². The number of hydrogen-bond donors (Lipinski definition) is 1. The van der Waals surface area contributed by atoms with E-state index in [-0.39, 0.29) is 11.8 Å². The number of thioether (sulfide) groups is 1. The first-order chi connectivity index (χ1) is 11.5. The van der Waals surface area contributed by atoms with Crippen molar-refractivity contribution in [1.82, 2.24) is 10.3 Å². The van der Waals surface area contributed by atoms with Gasteiger partial charge in [-0.2, -0.15) is 0 Å². The van der Waals surface area contributed by atoms with E-state index in [1.807, 2.05) is 26.0 Å². The number of carbonyl (C=O) groups is 2. The average molecular weight is 351 g/mol. The molecule has 0 aromatic heterocycles. The maximum Gasteiger partial charge on any atom is 0.241 e. The smallest absolute Gasteiger partial charge is 0.241 e. The number of nitrogens with zero attached hydrogens (tertiary/aromatic N) is 2. The maximum absolute atomic E-state index is 11.9. The Labute approximate surface area is 145 Å². The van der Waals surface area contributed by atoms with Crippen molar-refractivity contribution in [3.8, 4) is 11.5 Å². The third kappa shape index (κ3) is 4.19. The Hall–Kier alpha value is -2.22. The lowest BCUT2D eigenvalue weighted by atomic mass is 10.1. The van der Waals surface area contributed by atoms with Gasteiger partial charge in [0.25, 0.3) is 0 Å². The Bertz CT molecular complexity index is 663. The van der Waals surface area contributed by atoms with E-state index in [1.165, 1.54) is 30.6 Å². The van der Waals surface area contributed by atoms with Crippen LogP contribution in [0.3, 0.4) is 0 Å². The standard InChI is InChI=1S/C16H21N3O4S/c1-5-22-12-7-8-13(14(9-12)23-6-2)15-19(11(4)21)18-16(24-15)17-10(3)20/h7-9,15H,5-6H2,1-4H3,(H,17,18,20). The van der Waals surface area contributed by atoms with E-state index in [0.717, 1.165) is 5.56 Å². The van der Waals surface area contributed by atoms with Gasteiger partial charge in [-0.05, 0) is 26.0 Å². The van der Waals surface area contributed by atoms with Gasteiger partial charge in [-0.1, -0.05) is 11.8 Å². The van der Waals surface area contributed by atoms with Crippen molar-refractivity contribution in [2.24, 2.45) is 5.10 Å². The van der Waals surface area contributed by atoms with E-state index in [2.05, 4.69) is 10.4 Å². The molecule has 130 valence electrons. The van der Waals surface area contributed by atoms with Crippen molar-refractivity contribution >= 4 is 28.7 Å². The molecular weight excluding hydrogens is 330 g/mol. The molecule has 2 amide bonds. The lowest BCUT2D eigenvalue weighted by Gasteiger charge is -2.22. The van der Waals surface area contributed by atoms with E-state index >= 15 is 0 Å². The van der Waals surface area contributed by atoms with E-state index in [1.54, 1.807) is 6.07 Å². The normalized spacial score (nSPS) is 16.6. The van der Waals surface area contributed by atoms with Gasteiger partial charge >= 0.3 is 0 Å². The predicted molar refractivity (Wildman–Crippen MR) is 92.9 cm³/mol. The number of rotatable bonds is 5. The van der Waals surface area contributed by atoms with Gasteiger partial charge in [0.2, 0.25) is 11.8 Å². The lowest BCUT2D eigenvalue weighted by molar-refractivity contribution is -0.129. The molecule has 1 atom stereocenters. The number of nitrogens with one attached hydrogen (secondary N) is 1. The first kappa shape index (κ1) is 18.1. The summed E-state index contributed by atoms with van der Waals surface area (Å²) in [5.41, 5.74) is 0.796. The molecule has 7 nitrogen and oxygen atoms in total. The van der Waals surface area contributed by atoms with Crippen LogP contribution in [0.4, 0.5) is 0 Å². The highest BCUT2D eigenvalue weighted by Gasteiger charge is 2.34. The number of amidine groups is 1. The van der Waals surface area contributed by atoms with Crippen LogP contribution in [-0.2, 0) is 9.59 Å². The van der Waals surface area contributed by atoms with Gasteiger partial charge in [0.05, 0.1) is 13.2 Å². The Balaban J connectivity index is 2.35. The molecule has 1 aromatic rings. The van der Waals surface area contributed by atoms with Crippen LogP contribution < -0.4 is 14.8 Å². The minimum atomic E-state index is -0.401. The fraction of sp³-hybridized carbons (Fsp3) is 0.438. The van der Waals surface area contributed by atoms with Gasteiger partial charge in [0.1, 0.15) is 16.9 Å². The van der Waals surface area contributed by atoms with Crippen molar-refractivity contribution in [2.45, 2.75) is 33.1 Å². The van der Waals surface area contributed by atoms with Gasteiger partial charge < -0.3 is 14.8 Å². The SMILES string of the molecule is CCOc1ccc(C2SC(NC(C)=O)=NN2C(C)=O)c(OCC)c1. The molecule has 1 aromatic carbocycles. The number of amides is 2. The van der Waals surface area contributed by atoms with Crippen LogP contribution in [0, 0.1) is 0 Å². The van der Waals surface area contributed by atoms with Gasteiger partial charge in [-0.3, -0.25) is 9.59 Å². The number of hydrogen-bond acceptors (Lipinski definition) is 6.